The monoisotopic (exact) mass is 497 g/mol. The molecule has 0 saturated heterocycles. The van der Waals surface area contributed by atoms with Crippen molar-refractivity contribution in [3.05, 3.63) is 97.2 Å². The van der Waals surface area contributed by atoms with Gasteiger partial charge in [-0.1, -0.05) is 97.0 Å². The maximum absolute atomic E-state index is 11.9. The molecule has 0 radical (unpaired) electrons. The molecule has 2 aromatic carbocycles. The van der Waals surface area contributed by atoms with Crippen molar-refractivity contribution in [2.75, 3.05) is 0 Å². The fourth-order valence-corrected chi connectivity index (χ4v) is 2.64. The van der Waals surface area contributed by atoms with Crippen molar-refractivity contribution in [1.82, 2.24) is 9.55 Å². The van der Waals surface area contributed by atoms with Crippen molar-refractivity contribution in [3.63, 3.8) is 0 Å². The highest BCUT2D eigenvalue weighted by atomic mass is 16.5. The molecule has 200 valence electrons. The normalized spacial score (nSPS) is 9.75. The van der Waals surface area contributed by atoms with Crippen molar-refractivity contribution in [2.24, 2.45) is 5.73 Å². The minimum atomic E-state index is -0.668. The van der Waals surface area contributed by atoms with Crippen molar-refractivity contribution in [3.8, 4) is 5.75 Å². The van der Waals surface area contributed by atoms with Crippen LogP contribution in [-0.2, 0) is 13.0 Å². The van der Waals surface area contributed by atoms with Gasteiger partial charge in [-0.2, -0.15) is 0 Å². The Morgan fingerprint density at radius 3 is 2.11 bits per heavy atom. The minimum absolute atomic E-state index is 0.0919. The maximum Gasteiger partial charge on any atom is 0.234 e. The van der Waals surface area contributed by atoms with Gasteiger partial charge < -0.3 is 15.6 Å². The number of benzene rings is 2. The summed E-state index contributed by atoms with van der Waals surface area (Å²) in [5.74, 6) is 0.660. The van der Waals surface area contributed by atoms with Gasteiger partial charge in [-0.3, -0.25) is 9.36 Å². The molecule has 36 heavy (non-hydrogen) atoms. The molecule has 3 rings (SSSR count). The van der Waals surface area contributed by atoms with E-state index in [1.54, 1.807) is 12.4 Å². The van der Waals surface area contributed by atoms with Crippen LogP contribution in [0.5, 0.6) is 5.75 Å². The second-order valence-corrected chi connectivity index (χ2v) is 7.12. The zero-order valence-corrected chi connectivity index (χ0v) is 23.1. The van der Waals surface area contributed by atoms with Gasteiger partial charge in [0.15, 0.2) is 0 Å². The number of aromatic nitrogens is 2. The van der Waals surface area contributed by atoms with E-state index in [0.717, 1.165) is 16.9 Å². The van der Waals surface area contributed by atoms with Gasteiger partial charge in [0.1, 0.15) is 18.7 Å². The summed E-state index contributed by atoms with van der Waals surface area (Å²) in [6, 6.07) is 17.9. The molecule has 0 bridgehead atoms. The fraction of sp³-hybridized carbons (Fsp3) is 0.400. The molecule has 0 saturated carbocycles. The third kappa shape index (κ3) is 17.1. The van der Waals surface area contributed by atoms with Crippen LogP contribution in [0.15, 0.2) is 86.1 Å². The van der Waals surface area contributed by atoms with E-state index in [9.17, 15) is 9.90 Å². The van der Waals surface area contributed by atoms with E-state index in [1.165, 1.54) is 23.5 Å². The van der Waals surface area contributed by atoms with E-state index in [1.807, 2.05) is 82.3 Å². The molecule has 1 unspecified atom stereocenters. The van der Waals surface area contributed by atoms with Crippen LogP contribution < -0.4 is 10.5 Å². The molecule has 0 spiro atoms. The van der Waals surface area contributed by atoms with Gasteiger partial charge in [0.25, 0.3) is 0 Å². The predicted octanol–water partition coefficient (Wildman–Crippen LogP) is 7.04. The Morgan fingerprint density at radius 2 is 1.61 bits per heavy atom. The van der Waals surface area contributed by atoms with Gasteiger partial charge in [-0.15, -0.1) is 0 Å². The first kappa shape index (κ1) is 34.8. The Bertz CT molecular complexity index is 864. The average molecular weight is 498 g/mol. The van der Waals surface area contributed by atoms with Gasteiger partial charge in [0.05, 0.1) is 12.5 Å². The minimum Gasteiger partial charge on any atom is -0.489 e. The molecule has 1 heterocycles. The Labute approximate surface area is 218 Å². The van der Waals surface area contributed by atoms with E-state index in [0.29, 0.717) is 19.4 Å². The number of rotatable bonds is 8. The van der Waals surface area contributed by atoms with Crippen LogP contribution in [0.3, 0.4) is 0 Å². The zero-order chi connectivity index (χ0) is 27.6. The molecule has 3 N–H and O–H groups in total. The number of hydrogen-bond acceptors (Lipinski definition) is 5. The summed E-state index contributed by atoms with van der Waals surface area (Å²) in [5.41, 5.74) is 6.84. The summed E-state index contributed by atoms with van der Waals surface area (Å²) in [4.78, 5) is 15.7. The highest BCUT2D eigenvalue weighted by molar-refractivity contribution is 5.79. The number of imidazole rings is 1. The van der Waals surface area contributed by atoms with Crippen LogP contribution in [0.1, 0.15) is 76.7 Å². The number of nitrogens with zero attached hydrogens (tertiary/aromatic N) is 2. The van der Waals surface area contributed by atoms with E-state index in [4.69, 9.17) is 4.74 Å². The largest absolute Gasteiger partial charge is 0.489 e. The van der Waals surface area contributed by atoms with E-state index in [-0.39, 0.29) is 12.3 Å². The van der Waals surface area contributed by atoms with Gasteiger partial charge in [0.2, 0.25) is 5.91 Å². The first-order valence-electron chi connectivity index (χ1n) is 12.8. The summed E-state index contributed by atoms with van der Waals surface area (Å²) < 4.78 is 7.15. The van der Waals surface area contributed by atoms with Crippen LogP contribution in [0, 0.1) is 0 Å². The van der Waals surface area contributed by atoms with Gasteiger partial charge in [0, 0.05) is 12.4 Å². The fourth-order valence-electron chi connectivity index (χ4n) is 2.64. The van der Waals surface area contributed by atoms with Crippen molar-refractivity contribution >= 4 is 5.91 Å². The highest BCUT2D eigenvalue weighted by Gasteiger charge is 2.12. The van der Waals surface area contributed by atoms with E-state index < -0.39 is 6.10 Å². The van der Waals surface area contributed by atoms with Crippen LogP contribution in [0.4, 0.5) is 0 Å². The Morgan fingerprint density at radius 1 is 1.06 bits per heavy atom. The lowest BCUT2D eigenvalue weighted by Crippen LogP contribution is -2.18. The highest BCUT2D eigenvalue weighted by Crippen LogP contribution is 2.16. The maximum atomic E-state index is 11.9. The average Bonchev–Trinajstić information content (AvgIpc) is 3.46. The number of nitrogens with two attached hydrogens (primary N) is 1. The summed E-state index contributed by atoms with van der Waals surface area (Å²) in [5, 5.41) is 10.1. The van der Waals surface area contributed by atoms with Crippen molar-refractivity contribution < 1.29 is 14.6 Å². The molecule has 3 aromatic rings. The molecule has 0 aliphatic rings. The third-order valence-electron chi connectivity index (χ3n) is 4.14. The second kappa shape index (κ2) is 24.7. The van der Waals surface area contributed by atoms with Crippen molar-refractivity contribution in [2.45, 2.75) is 79.9 Å². The van der Waals surface area contributed by atoms with Gasteiger partial charge in [-0.25, -0.2) is 4.98 Å². The SMILES string of the molecule is C=CN.CC.CC.CCC.O=C(CC(O)CCc1ccc(OCc2ccccc2)cc1)n1ccnc1. The lowest BCUT2D eigenvalue weighted by Gasteiger charge is -2.11. The van der Waals surface area contributed by atoms with Crippen LogP contribution in [0.25, 0.3) is 0 Å². The summed E-state index contributed by atoms with van der Waals surface area (Å²) in [6.07, 6.45) is 7.74. The zero-order valence-electron chi connectivity index (χ0n) is 23.1. The molecule has 1 aromatic heterocycles. The third-order valence-corrected chi connectivity index (χ3v) is 4.14. The molecule has 0 aliphatic carbocycles. The molecular formula is C30H47N3O3. The Balaban J connectivity index is 0. The summed E-state index contributed by atoms with van der Waals surface area (Å²) in [7, 11) is 0. The molecule has 6 nitrogen and oxygen atoms in total. The lowest BCUT2D eigenvalue weighted by atomic mass is 10.0. The summed E-state index contributed by atoms with van der Waals surface area (Å²) >= 11 is 0. The number of ether oxygens (including phenoxy) is 1. The van der Waals surface area contributed by atoms with Crippen LogP contribution in [0.2, 0.25) is 0 Å². The predicted molar refractivity (Wildman–Crippen MR) is 152 cm³/mol. The van der Waals surface area contributed by atoms with E-state index >= 15 is 0 Å². The van der Waals surface area contributed by atoms with Gasteiger partial charge in [-0.05, 0) is 42.3 Å². The number of aryl methyl sites for hydroxylation is 1. The molecule has 0 fully saturated rings. The first-order valence-corrected chi connectivity index (χ1v) is 12.8. The first-order chi connectivity index (χ1) is 17.5. The molecule has 1 atom stereocenters. The second-order valence-electron chi connectivity index (χ2n) is 7.12. The number of carbonyl (C=O) groups excluding carboxylic acids is 1. The standard InChI is InChI=1S/C21H22N2O3.C3H8.C2H5N.2C2H6/c24-19(14-21(25)23-13-12-22-16-23)9-6-17-7-10-20(11-8-17)26-15-18-4-2-1-3-5-18;1-3-2;1-2-3;2*1-2/h1-5,7-8,10-13,16,19,24H,6,9,14-15H2;3H2,1-2H3;2H,1,3H2;2*1-2H3. The smallest absolute Gasteiger partial charge is 0.234 e. The Kier molecular flexibility index (Phi) is 23.9. The summed E-state index contributed by atoms with van der Waals surface area (Å²) in [6.45, 7) is 15.9. The van der Waals surface area contributed by atoms with Crippen molar-refractivity contribution in [1.29, 1.82) is 0 Å². The van der Waals surface area contributed by atoms with Gasteiger partial charge >= 0.3 is 0 Å². The molecule has 0 amide bonds. The van der Waals surface area contributed by atoms with Crippen LogP contribution in [-0.4, -0.2) is 26.7 Å². The quantitative estimate of drug-likeness (QED) is 0.348. The van der Waals surface area contributed by atoms with E-state index in [2.05, 4.69) is 31.1 Å². The number of hydrogen-bond donors (Lipinski definition) is 2. The lowest BCUT2D eigenvalue weighted by molar-refractivity contribution is 0.0787. The molecule has 0 aliphatic heterocycles. The van der Waals surface area contributed by atoms with Crippen LogP contribution >= 0.6 is 0 Å². The Hall–Kier alpha value is -3.38. The number of aliphatic hydroxyl groups is 1. The topological polar surface area (TPSA) is 90.4 Å². The molecular weight excluding hydrogens is 450 g/mol. The number of carbonyl (C=O) groups is 1. The molecule has 6 heteroatoms. The number of aliphatic hydroxyl groups excluding tert-OH is 1.